The van der Waals surface area contributed by atoms with E-state index in [1.165, 1.54) is 0 Å². The molecule has 0 radical (unpaired) electrons. The lowest BCUT2D eigenvalue weighted by Crippen LogP contribution is -2.47. The van der Waals surface area contributed by atoms with E-state index in [0.717, 1.165) is 54.0 Å². The Hall–Kier alpha value is -2.43. The van der Waals surface area contributed by atoms with Crippen molar-refractivity contribution >= 4 is 11.8 Å². The summed E-state index contributed by atoms with van der Waals surface area (Å²) in [5.41, 5.74) is 4.31. The van der Waals surface area contributed by atoms with E-state index < -0.39 is 0 Å². The second-order valence-corrected chi connectivity index (χ2v) is 6.74. The molecule has 3 heterocycles. The van der Waals surface area contributed by atoms with Gasteiger partial charge in [0.25, 0.3) is 0 Å². The molecule has 2 aromatic heterocycles. The zero-order chi connectivity index (χ0) is 17.8. The van der Waals surface area contributed by atoms with Gasteiger partial charge in [0.1, 0.15) is 5.82 Å². The molecular formula is C20H26N4O. The van der Waals surface area contributed by atoms with Crippen molar-refractivity contribution in [3.8, 4) is 0 Å². The zero-order valence-electron chi connectivity index (χ0n) is 15.3. The van der Waals surface area contributed by atoms with Gasteiger partial charge in [-0.3, -0.25) is 9.88 Å². The number of rotatable bonds is 6. The molecule has 0 N–H and O–H groups in total. The molecule has 2 amide bonds. The summed E-state index contributed by atoms with van der Waals surface area (Å²) in [5.74, 6) is 0.818. The van der Waals surface area contributed by atoms with Gasteiger partial charge in [-0.2, -0.15) is 0 Å². The van der Waals surface area contributed by atoms with Crippen LogP contribution in [0.25, 0.3) is 0 Å². The fourth-order valence-corrected chi connectivity index (χ4v) is 3.24. The van der Waals surface area contributed by atoms with Crippen molar-refractivity contribution in [1.82, 2.24) is 14.9 Å². The predicted molar refractivity (Wildman–Crippen MR) is 99.5 cm³/mol. The van der Waals surface area contributed by atoms with Gasteiger partial charge in [0.15, 0.2) is 0 Å². The highest BCUT2D eigenvalue weighted by molar-refractivity contribution is 5.93. The molecule has 2 aromatic rings. The molecule has 0 aromatic carbocycles. The van der Waals surface area contributed by atoms with E-state index in [9.17, 15) is 4.79 Å². The molecule has 0 fully saturated rings. The molecular weight excluding hydrogens is 312 g/mol. The highest BCUT2D eigenvalue weighted by atomic mass is 16.2. The maximum atomic E-state index is 13.1. The van der Waals surface area contributed by atoms with Gasteiger partial charge < -0.3 is 4.90 Å². The van der Waals surface area contributed by atoms with E-state index in [4.69, 9.17) is 0 Å². The highest BCUT2D eigenvalue weighted by Crippen LogP contribution is 2.28. The van der Waals surface area contributed by atoms with Crippen molar-refractivity contribution in [3.63, 3.8) is 0 Å². The summed E-state index contributed by atoms with van der Waals surface area (Å²) in [7, 11) is 0. The number of pyridine rings is 2. The van der Waals surface area contributed by atoms with E-state index in [1.807, 2.05) is 35.9 Å². The van der Waals surface area contributed by atoms with Gasteiger partial charge in [-0.05, 0) is 37.5 Å². The van der Waals surface area contributed by atoms with E-state index in [2.05, 4.69) is 29.0 Å². The molecule has 0 aliphatic carbocycles. The van der Waals surface area contributed by atoms with E-state index in [1.54, 1.807) is 6.20 Å². The number of unbranched alkanes of at least 4 members (excludes halogenated alkanes) is 2. The molecule has 5 nitrogen and oxygen atoms in total. The van der Waals surface area contributed by atoms with Crippen molar-refractivity contribution in [2.24, 2.45) is 0 Å². The average molecular weight is 338 g/mol. The Labute approximate surface area is 149 Å². The Morgan fingerprint density at radius 3 is 2.84 bits per heavy atom. The molecule has 0 saturated heterocycles. The number of aryl methyl sites for hydroxylation is 2. The molecule has 0 unspecified atom stereocenters. The predicted octanol–water partition coefficient (Wildman–Crippen LogP) is 4.23. The van der Waals surface area contributed by atoms with Crippen LogP contribution in [-0.2, 0) is 13.1 Å². The van der Waals surface area contributed by atoms with Crippen LogP contribution in [0.1, 0.15) is 48.6 Å². The third-order valence-electron chi connectivity index (χ3n) is 4.66. The molecule has 1 aliphatic rings. The zero-order valence-corrected chi connectivity index (χ0v) is 15.3. The first-order valence-electron chi connectivity index (χ1n) is 9.02. The molecule has 25 heavy (non-hydrogen) atoms. The number of amides is 2. The van der Waals surface area contributed by atoms with Crippen molar-refractivity contribution in [1.29, 1.82) is 0 Å². The summed E-state index contributed by atoms with van der Waals surface area (Å²) in [6.07, 6.45) is 6.88. The Bertz CT molecular complexity index is 759. The van der Waals surface area contributed by atoms with Gasteiger partial charge in [-0.1, -0.05) is 31.9 Å². The quantitative estimate of drug-likeness (QED) is 0.741. The van der Waals surface area contributed by atoms with Gasteiger partial charge >= 0.3 is 6.03 Å². The number of carbonyl (C=O) groups excluding carboxylic acids is 1. The number of urea groups is 1. The fraction of sp³-hybridized carbons (Fsp3) is 0.450. The standard InChI is InChI=1S/C20H26N4O/c1-4-5-6-10-24-19-17(8-7-9-21-19)13-23(20(24)25)14-18-11-15(2)12-22-16(18)3/h7-9,11-12H,4-6,10,13-14H2,1-3H3. The lowest BCUT2D eigenvalue weighted by molar-refractivity contribution is 0.194. The summed E-state index contributed by atoms with van der Waals surface area (Å²) in [5, 5.41) is 0. The molecule has 5 heteroatoms. The maximum Gasteiger partial charge on any atom is 0.326 e. The summed E-state index contributed by atoms with van der Waals surface area (Å²) in [6, 6.07) is 6.17. The van der Waals surface area contributed by atoms with E-state index in [-0.39, 0.29) is 6.03 Å². The third kappa shape index (κ3) is 3.81. The largest absolute Gasteiger partial charge is 0.326 e. The number of carbonyl (C=O) groups is 1. The summed E-state index contributed by atoms with van der Waals surface area (Å²) >= 11 is 0. The summed E-state index contributed by atoms with van der Waals surface area (Å²) < 4.78 is 0. The van der Waals surface area contributed by atoms with Crippen LogP contribution in [0.15, 0.2) is 30.6 Å². The number of hydrogen-bond donors (Lipinski definition) is 0. The molecule has 132 valence electrons. The minimum atomic E-state index is 0.0446. The molecule has 1 aliphatic heterocycles. The third-order valence-corrected chi connectivity index (χ3v) is 4.66. The van der Waals surface area contributed by atoms with Gasteiger partial charge in [0.2, 0.25) is 0 Å². The van der Waals surface area contributed by atoms with E-state index >= 15 is 0 Å². The van der Waals surface area contributed by atoms with Gasteiger partial charge in [0, 0.05) is 36.7 Å². The second-order valence-electron chi connectivity index (χ2n) is 6.74. The molecule has 0 spiro atoms. The summed E-state index contributed by atoms with van der Waals surface area (Å²) in [6.45, 7) is 8.10. The van der Waals surface area contributed by atoms with Crippen LogP contribution >= 0.6 is 0 Å². The minimum Gasteiger partial charge on any atom is -0.315 e. The Morgan fingerprint density at radius 1 is 1.20 bits per heavy atom. The molecule has 0 atom stereocenters. The number of anilines is 1. The van der Waals surface area contributed by atoms with Crippen molar-refractivity contribution in [2.75, 3.05) is 11.4 Å². The lowest BCUT2D eigenvalue weighted by atomic mass is 10.1. The highest BCUT2D eigenvalue weighted by Gasteiger charge is 2.31. The van der Waals surface area contributed by atoms with Crippen LogP contribution in [0.3, 0.4) is 0 Å². The van der Waals surface area contributed by atoms with Crippen LogP contribution in [0.2, 0.25) is 0 Å². The first-order chi connectivity index (χ1) is 12.1. The van der Waals surface area contributed by atoms with Crippen molar-refractivity contribution in [2.45, 2.75) is 53.1 Å². The van der Waals surface area contributed by atoms with Crippen LogP contribution < -0.4 is 4.90 Å². The second kappa shape index (κ2) is 7.64. The molecule has 0 bridgehead atoms. The number of fused-ring (bicyclic) bond motifs is 1. The minimum absolute atomic E-state index is 0.0446. The maximum absolute atomic E-state index is 13.1. The van der Waals surface area contributed by atoms with Crippen LogP contribution in [0, 0.1) is 13.8 Å². The monoisotopic (exact) mass is 338 g/mol. The SMILES string of the molecule is CCCCCN1C(=O)N(Cc2cc(C)cnc2C)Cc2cccnc21. The number of aromatic nitrogens is 2. The van der Waals surface area contributed by atoms with Gasteiger partial charge in [-0.25, -0.2) is 9.78 Å². The fourth-order valence-electron chi connectivity index (χ4n) is 3.24. The van der Waals surface area contributed by atoms with Crippen molar-refractivity contribution in [3.05, 3.63) is 53.0 Å². The average Bonchev–Trinajstić information content (AvgIpc) is 2.61. The number of hydrogen-bond acceptors (Lipinski definition) is 3. The first kappa shape index (κ1) is 17.4. The molecule has 3 rings (SSSR count). The summed E-state index contributed by atoms with van der Waals surface area (Å²) in [4.78, 5) is 25.7. The topological polar surface area (TPSA) is 49.3 Å². The van der Waals surface area contributed by atoms with Gasteiger partial charge in [0.05, 0.1) is 6.54 Å². The van der Waals surface area contributed by atoms with Crippen LogP contribution in [0.5, 0.6) is 0 Å². The van der Waals surface area contributed by atoms with E-state index in [0.29, 0.717) is 13.1 Å². The normalized spacial score (nSPS) is 14.0. The van der Waals surface area contributed by atoms with Crippen LogP contribution in [-0.4, -0.2) is 27.4 Å². The lowest BCUT2D eigenvalue weighted by Gasteiger charge is -2.36. The Balaban J connectivity index is 1.86. The van der Waals surface area contributed by atoms with Gasteiger partial charge in [-0.15, -0.1) is 0 Å². The smallest absolute Gasteiger partial charge is 0.315 e. The Kier molecular flexibility index (Phi) is 5.31. The van der Waals surface area contributed by atoms with Crippen LogP contribution in [0.4, 0.5) is 10.6 Å². The first-order valence-corrected chi connectivity index (χ1v) is 9.02. The van der Waals surface area contributed by atoms with Crippen molar-refractivity contribution < 1.29 is 4.79 Å². The molecule has 0 saturated carbocycles. The number of nitrogens with zero attached hydrogens (tertiary/aromatic N) is 4. The Morgan fingerprint density at radius 2 is 2.04 bits per heavy atom.